The maximum absolute atomic E-state index is 6.12. The average molecular weight is 439 g/mol. The highest BCUT2D eigenvalue weighted by atomic mass is 35.5. The quantitative estimate of drug-likeness (QED) is 0.511. The van der Waals surface area contributed by atoms with Crippen LogP contribution >= 0.6 is 24.0 Å². The van der Waals surface area contributed by atoms with E-state index in [2.05, 4.69) is 46.3 Å². The number of allylic oxidation sites excluding steroid dienone is 5. The van der Waals surface area contributed by atoms with Crippen LogP contribution in [0.3, 0.4) is 0 Å². The molecule has 5 aliphatic rings. The van der Waals surface area contributed by atoms with Crippen LogP contribution in [0.15, 0.2) is 76.1 Å². The van der Waals surface area contributed by atoms with Gasteiger partial charge in [0.25, 0.3) is 0 Å². The van der Waals surface area contributed by atoms with E-state index in [4.69, 9.17) is 11.6 Å². The molecule has 2 unspecified atom stereocenters. The Balaban J connectivity index is 0.00000193. The highest BCUT2D eigenvalue weighted by Gasteiger charge is 2.49. The molecule has 0 aromatic heterocycles. The molecule has 2 aliphatic carbocycles. The van der Waals surface area contributed by atoms with Gasteiger partial charge in [0.05, 0.1) is 6.04 Å². The molecule has 0 saturated carbocycles. The van der Waals surface area contributed by atoms with Crippen molar-refractivity contribution in [1.82, 2.24) is 4.90 Å². The summed E-state index contributed by atoms with van der Waals surface area (Å²) in [6, 6.07) is 9.01. The average Bonchev–Trinajstić information content (AvgIpc) is 2.98. The Morgan fingerprint density at radius 2 is 1.93 bits per heavy atom. The molecular weight excluding hydrogens is 411 g/mol. The van der Waals surface area contributed by atoms with E-state index in [-0.39, 0.29) is 12.4 Å². The van der Waals surface area contributed by atoms with Gasteiger partial charge in [-0.3, -0.25) is 4.99 Å². The molecular formula is C26H28Cl2N2. The largest absolute Gasteiger partial charge is 0.341 e. The van der Waals surface area contributed by atoms with E-state index in [9.17, 15) is 0 Å². The Bertz CT molecular complexity index is 983. The minimum atomic E-state index is 0. The Morgan fingerprint density at radius 3 is 2.80 bits per heavy atom. The molecule has 2 nitrogen and oxygen atoms in total. The van der Waals surface area contributed by atoms with Crippen molar-refractivity contribution in [3.05, 3.63) is 81.7 Å². The van der Waals surface area contributed by atoms with E-state index >= 15 is 0 Å². The molecule has 1 aromatic rings. The highest BCUT2D eigenvalue weighted by Crippen LogP contribution is 2.55. The minimum Gasteiger partial charge on any atom is -0.341 e. The fourth-order valence-electron chi connectivity index (χ4n) is 6.33. The molecule has 156 valence electrons. The van der Waals surface area contributed by atoms with E-state index in [0.29, 0.717) is 23.8 Å². The van der Waals surface area contributed by atoms with Gasteiger partial charge in [-0.05, 0) is 79.4 Å². The fraction of sp³-hybridized carbons (Fsp3) is 0.423. The molecule has 6 rings (SSSR count). The number of hydrogen-bond donors (Lipinski definition) is 0. The minimum absolute atomic E-state index is 0. The number of benzene rings is 1. The summed E-state index contributed by atoms with van der Waals surface area (Å²) < 4.78 is 0. The summed E-state index contributed by atoms with van der Waals surface area (Å²) in [5.41, 5.74) is 7.84. The first-order valence-electron chi connectivity index (χ1n) is 11.1. The van der Waals surface area contributed by atoms with E-state index < -0.39 is 0 Å². The Hall–Kier alpha value is -1.77. The van der Waals surface area contributed by atoms with Crippen LogP contribution in [0.25, 0.3) is 0 Å². The van der Waals surface area contributed by atoms with Crippen LogP contribution in [-0.4, -0.2) is 23.7 Å². The number of aliphatic imine (C=N–C) groups is 1. The monoisotopic (exact) mass is 438 g/mol. The van der Waals surface area contributed by atoms with Crippen molar-refractivity contribution < 1.29 is 0 Å². The van der Waals surface area contributed by atoms with Crippen molar-refractivity contribution >= 4 is 30.2 Å². The topological polar surface area (TPSA) is 15.6 Å². The van der Waals surface area contributed by atoms with Gasteiger partial charge in [0.1, 0.15) is 0 Å². The van der Waals surface area contributed by atoms with Crippen molar-refractivity contribution in [3.8, 4) is 0 Å². The van der Waals surface area contributed by atoms with Crippen LogP contribution in [0, 0.1) is 17.8 Å². The second-order valence-corrected chi connectivity index (χ2v) is 9.54. The lowest BCUT2D eigenvalue weighted by Crippen LogP contribution is -2.35. The van der Waals surface area contributed by atoms with E-state index in [1.165, 1.54) is 42.5 Å². The number of dihydropyridines is 1. The molecule has 0 spiro atoms. The molecule has 0 N–H and O–H groups in total. The summed E-state index contributed by atoms with van der Waals surface area (Å²) >= 11 is 6.12. The Morgan fingerprint density at radius 1 is 1.07 bits per heavy atom. The first-order chi connectivity index (χ1) is 14.3. The summed E-state index contributed by atoms with van der Waals surface area (Å²) in [6.45, 7) is 0.966. The maximum Gasteiger partial charge on any atom is 0.0585 e. The van der Waals surface area contributed by atoms with Gasteiger partial charge >= 0.3 is 0 Å². The molecule has 0 radical (unpaired) electrons. The Kier molecular flexibility index (Phi) is 5.41. The van der Waals surface area contributed by atoms with Crippen molar-refractivity contribution in [2.45, 2.75) is 44.6 Å². The van der Waals surface area contributed by atoms with Crippen molar-refractivity contribution in [3.63, 3.8) is 0 Å². The summed E-state index contributed by atoms with van der Waals surface area (Å²) in [4.78, 5) is 7.43. The van der Waals surface area contributed by atoms with Crippen LogP contribution in [-0.2, 0) is 6.42 Å². The second-order valence-electron chi connectivity index (χ2n) is 9.11. The Labute approximate surface area is 190 Å². The first-order valence-corrected chi connectivity index (χ1v) is 11.5. The van der Waals surface area contributed by atoms with E-state index in [1.807, 2.05) is 18.3 Å². The standard InChI is InChI=1S/C26H27ClN2.ClH/c27-20-9-5-17(6-10-20)15-19-8-12-22-23-16-28-14-13-25(23)29-24-4-2-1-3-18(24)7-11-21(19)26(22)29;/h1,3,5-7,9-10,13-14,19,22-24H,2,4,8,11-12,15-16H2;1H/t19?,22-,23-,24?;/m1./s1. The third-order valence-corrected chi connectivity index (χ3v) is 7.87. The van der Waals surface area contributed by atoms with Crippen molar-refractivity contribution in [1.29, 1.82) is 0 Å². The lowest BCUT2D eigenvalue weighted by molar-refractivity contribution is 0.318. The smallest absolute Gasteiger partial charge is 0.0585 e. The molecule has 3 heterocycles. The van der Waals surface area contributed by atoms with Gasteiger partial charge in [0.2, 0.25) is 0 Å². The third-order valence-electron chi connectivity index (χ3n) is 7.62. The van der Waals surface area contributed by atoms with Crippen molar-refractivity contribution in [2.24, 2.45) is 22.7 Å². The lowest BCUT2D eigenvalue weighted by atomic mass is 9.73. The SMILES string of the molecule is Cl.Clc1ccc(CC2CC[C@H]3C4=C2CC=C2C=CCCC2N4C2=CC=NC[C@@H]23)cc1. The van der Waals surface area contributed by atoms with E-state index in [0.717, 1.165) is 24.4 Å². The van der Waals surface area contributed by atoms with Crippen LogP contribution in [0.4, 0.5) is 0 Å². The lowest BCUT2D eigenvalue weighted by Gasteiger charge is -2.37. The first kappa shape index (κ1) is 20.2. The van der Waals surface area contributed by atoms with Gasteiger partial charge in [-0.15, -0.1) is 12.4 Å². The van der Waals surface area contributed by atoms with Gasteiger partial charge in [0.15, 0.2) is 0 Å². The molecule has 0 amide bonds. The zero-order valence-corrected chi connectivity index (χ0v) is 18.7. The molecule has 0 bridgehead atoms. The molecule has 3 aliphatic heterocycles. The maximum atomic E-state index is 6.12. The number of fused-ring (bicyclic) bond motifs is 5. The highest BCUT2D eigenvalue weighted by molar-refractivity contribution is 6.30. The molecule has 30 heavy (non-hydrogen) atoms. The summed E-state index contributed by atoms with van der Waals surface area (Å²) in [5.74, 6) is 1.88. The number of rotatable bonds is 2. The zero-order valence-electron chi connectivity index (χ0n) is 17.1. The number of nitrogens with zero attached hydrogens (tertiary/aromatic N) is 2. The van der Waals surface area contributed by atoms with Gasteiger partial charge in [-0.25, -0.2) is 0 Å². The fourth-order valence-corrected chi connectivity index (χ4v) is 6.45. The van der Waals surface area contributed by atoms with Gasteiger partial charge < -0.3 is 4.90 Å². The van der Waals surface area contributed by atoms with Gasteiger partial charge in [-0.1, -0.05) is 42.0 Å². The van der Waals surface area contributed by atoms with Crippen LogP contribution < -0.4 is 0 Å². The van der Waals surface area contributed by atoms with Gasteiger partial charge in [0, 0.05) is 41.0 Å². The molecule has 4 atom stereocenters. The van der Waals surface area contributed by atoms with Crippen LogP contribution in [0.1, 0.15) is 37.7 Å². The number of halogens is 2. The van der Waals surface area contributed by atoms with Crippen molar-refractivity contribution in [2.75, 3.05) is 6.54 Å². The predicted octanol–water partition coefficient (Wildman–Crippen LogP) is 6.53. The third kappa shape index (κ3) is 3.20. The zero-order chi connectivity index (χ0) is 19.4. The normalized spacial score (nSPS) is 31.2. The second kappa shape index (κ2) is 8.05. The van der Waals surface area contributed by atoms with E-state index in [1.54, 1.807) is 11.3 Å². The van der Waals surface area contributed by atoms with Crippen LogP contribution in [0.5, 0.6) is 0 Å². The summed E-state index contributed by atoms with van der Waals surface area (Å²) in [7, 11) is 0. The van der Waals surface area contributed by atoms with Crippen LogP contribution in [0.2, 0.25) is 5.02 Å². The summed E-state index contributed by atoms with van der Waals surface area (Å²) in [6.07, 6.45) is 18.9. The molecule has 1 saturated heterocycles. The molecule has 1 fully saturated rings. The summed E-state index contributed by atoms with van der Waals surface area (Å²) in [5, 5.41) is 0.826. The molecule has 1 aromatic carbocycles. The van der Waals surface area contributed by atoms with Gasteiger partial charge in [-0.2, -0.15) is 0 Å². The predicted molar refractivity (Wildman–Crippen MR) is 127 cm³/mol. The molecule has 4 heteroatoms. The number of hydrogen-bond acceptors (Lipinski definition) is 2.